The summed E-state index contributed by atoms with van der Waals surface area (Å²) >= 11 is 5.91. The Labute approximate surface area is 105 Å². The van der Waals surface area contributed by atoms with Crippen LogP contribution in [0.4, 0.5) is 0 Å². The predicted molar refractivity (Wildman–Crippen MR) is 69.8 cm³/mol. The average molecular weight is 249 g/mol. The van der Waals surface area contributed by atoms with Gasteiger partial charge in [-0.15, -0.1) is 0 Å². The third kappa shape index (κ3) is 2.37. The van der Waals surface area contributed by atoms with Gasteiger partial charge in [-0.3, -0.25) is 0 Å². The van der Waals surface area contributed by atoms with E-state index in [1.165, 1.54) is 0 Å². The van der Waals surface area contributed by atoms with Crippen molar-refractivity contribution in [2.45, 2.75) is 6.92 Å². The van der Waals surface area contributed by atoms with E-state index in [2.05, 4.69) is 0 Å². The lowest BCUT2D eigenvalue weighted by molar-refractivity contribution is 0.416. The third-order valence-electron chi connectivity index (χ3n) is 2.68. The van der Waals surface area contributed by atoms with E-state index in [9.17, 15) is 5.11 Å². The predicted octanol–water partition coefficient (Wildman–Crippen LogP) is 4.03. The number of aryl methyl sites for hydroxylation is 1. The molecule has 1 N–H and O–H groups in total. The fraction of sp³-hybridized carbons (Fsp3) is 0.143. The number of phenolic OH excluding ortho intramolecular Hbond substituents is 1. The van der Waals surface area contributed by atoms with Gasteiger partial charge in [0.1, 0.15) is 11.5 Å². The van der Waals surface area contributed by atoms with Gasteiger partial charge in [0.15, 0.2) is 0 Å². The van der Waals surface area contributed by atoms with Crippen molar-refractivity contribution in [3.63, 3.8) is 0 Å². The van der Waals surface area contributed by atoms with Crippen LogP contribution in [-0.4, -0.2) is 12.2 Å². The minimum atomic E-state index is 0.277. The van der Waals surface area contributed by atoms with Gasteiger partial charge < -0.3 is 9.84 Å². The maximum Gasteiger partial charge on any atom is 0.128 e. The van der Waals surface area contributed by atoms with Crippen LogP contribution in [0.2, 0.25) is 5.02 Å². The molecule has 0 unspecified atom stereocenters. The van der Waals surface area contributed by atoms with Gasteiger partial charge in [-0.25, -0.2) is 0 Å². The lowest BCUT2D eigenvalue weighted by Crippen LogP contribution is -1.88. The van der Waals surface area contributed by atoms with Crippen LogP contribution in [0.3, 0.4) is 0 Å². The van der Waals surface area contributed by atoms with Crippen molar-refractivity contribution in [1.29, 1.82) is 0 Å². The van der Waals surface area contributed by atoms with E-state index < -0.39 is 0 Å². The summed E-state index contributed by atoms with van der Waals surface area (Å²) in [5.41, 5.74) is 2.66. The van der Waals surface area contributed by atoms with Crippen molar-refractivity contribution >= 4 is 11.6 Å². The van der Waals surface area contributed by atoms with Gasteiger partial charge in [-0.2, -0.15) is 0 Å². The van der Waals surface area contributed by atoms with Crippen LogP contribution in [0.5, 0.6) is 11.5 Å². The number of aromatic hydroxyl groups is 1. The summed E-state index contributed by atoms with van der Waals surface area (Å²) in [4.78, 5) is 0. The number of hydrogen-bond donors (Lipinski definition) is 1. The lowest BCUT2D eigenvalue weighted by Gasteiger charge is -2.10. The fourth-order valence-electron chi connectivity index (χ4n) is 1.68. The molecule has 2 nitrogen and oxygen atoms in total. The van der Waals surface area contributed by atoms with Crippen molar-refractivity contribution in [2.75, 3.05) is 7.11 Å². The van der Waals surface area contributed by atoms with Crippen LogP contribution in [0, 0.1) is 6.92 Å². The van der Waals surface area contributed by atoms with E-state index in [0.29, 0.717) is 10.8 Å². The van der Waals surface area contributed by atoms with Crippen molar-refractivity contribution in [1.82, 2.24) is 0 Å². The minimum absolute atomic E-state index is 0.277. The monoisotopic (exact) mass is 248 g/mol. The topological polar surface area (TPSA) is 29.5 Å². The Bertz CT molecular complexity index is 550. The maximum atomic E-state index is 9.71. The number of hydrogen-bond acceptors (Lipinski definition) is 2. The SMILES string of the molecule is COc1cc(Cl)ccc1-c1ccc(C)c(O)c1. The van der Waals surface area contributed by atoms with E-state index in [1.54, 1.807) is 25.3 Å². The first-order chi connectivity index (χ1) is 8.11. The van der Waals surface area contributed by atoms with Crippen molar-refractivity contribution < 1.29 is 9.84 Å². The molecule has 17 heavy (non-hydrogen) atoms. The molecule has 0 bridgehead atoms. The molecule has 0 saturated carbocycles. The maximum absolute atomic E-state index is 9.71. The molecule has 0 radical (unpaired) electrons. The Kier molecular flexibility index (Phi) is 3.25. The molecule has 0 heterocycles. The Morgan fingerprint density at radius 1 is 1.12 bits per heavy atom. The molecule has 88 valence electrons. The minimum Gasteiger partial charge on any atom is -0.508 e. The zero-order chi connectivity index (χ0) is 12.4. The van der Waals surface area contributed by atoms with Gasteiger partial charge in [0.05, 0.1) is 7.11 Å². The number of benzene rings is 2. The molecule has 0 spiro atoms. The zero-order valence-electron chi connectivity index (χ0n) is 9.70. The van der Waals surface area contributed by atoms with Crippen LogP contribution >= 0.6 is 11.6 Å². The Hall–Kier alpha value is -1.67. The molecule has 0 aliphatic heterocycles. The fourth-order valence-corrected chi connectivity index (χ4v) is 1.84. The molecule has 0 atom stereocenters. The molecular formula is C14H13ClO2. The van der Waals surface area contributed by atoms with E-state index in [0.717, 1.165) is 16.7 Å². The summed E-state index contributed by atoms with van der Waals surface area (Å²) in [6.07, 6.45) is 0. The summed E-state index contributed by atoms with van der Waals surface area (Å²) < 4.78 is 5.28. The molecule has 0 saturated heterocycles. The Morgan fingerprint density at radius 2 is 1.88 bits per heavy atom. The summed E-state index contributed by atoms with van der Waals surface area (Å²) in [6, 6.07) is 11.0. The van der Waals surface area contributed by atoms with E-state index in [1.807, 2.05) is 25.1 Å². The normalized spacial score (nSPS) is 10.3. The molecule has 2 aromatic carbocycles. The quantitative estimate of drug-likeness (QED) is 0.870. The van der Waals surface area contributed by atoms with Gasteiger partial charge in [0.25, 0.3) is 0 Å². The van der Waals surface area contributed by atoms with E-state index in [-0.39, 0.29) is 5.75 Å². The average Bonchev–Trinajstić information content (AvgIpc) is 2.32. The Morgan fingerprint density at radius 3 is 2.53 bits per heavy atom. The summed E-state index contributed by atoms with van der Waals surface area (Å²) in [5, 5.41) is 10.3. The standard InChI is InChI=1S/C14H13ClO2/c1-9-3-4-10(7-13(9)16)12-6-5-11(15)8-14(12)17-2/h3-8,16H,1-2H3. The zero-order valence-corrected chi connectivity index (χ0v) is 10.5. The summed E-state index contributed by atoms with van der Waals surface area (Å²) in [6.45, 7) is 1.86. The first kappa shape index (κ1) is 11.8. The highest BCUT2D eigenvalue weighted by Crippen LogP contribution is 2.34. The number of halogens is 1. The van der Waals surface area contributed by atoms with Crippen LogP contribution in [0.15, 0.2) is 36.4 Å². The molecule has 2 rings (SSSR count). The highest BCUT2D eigenvalue weighted by Gasteiger charge is 2.08. The van der Waals surface area contributed by atoms with E-state index in [4.69, 9.17) is 16.3 Å². The Balaban J connectivity index is 2.55. The smallest absolute Gasteiger partial charge is 0.128 e. The van der Waals surface area contributed by atoms with Gasteiger partial charge >= 0.3 is 0 Å². The van der Waals surface area contributed by atoms with Crippen LogP contribution in [0.25, 0.3) is 11.1 Å². The van der Waals surface area contributed by atoms with Crippen LogP contribution in [0.1, 0.15) is 5.56 Å². The number of ether oxygens (including phenoxy) is 1. The lowest BCUT2D eigenvalue weighted by atomic mass is 10.0. The number of methoxy groups -OCH3 is 1. The molecule has 2 aromatic rings. The third-order valence-corrected chi connectivity index (χ3v) is 2.92. The van der Waals surface area contributed by atoms with Crippen LogP contribution in [-0.2, 0) is 0 Å². The summed E-state index contributed by atoms with van der Waals surface area (Å²) in [7, 11) is 1.60. The molecule has 0 aliphatic carbocycles. The van der Waals surface area contributed by atoms with Gasteiger partial charge in [0.2, 0.25) is 0 Å². The highest BCUT2D eigenvalue weighted by molar-refractivity contribution is 6.30. The van der Waals surface area contributed by atoms with Gasteiger partial charge in [-0.05, 0) is 42.3 Å². The second kappa shape index (κ2) is 4.68. The molecule has 0 fully saturated rings. The molecule has 3 heteroatoms. The van der Waals surface area contributed by atoms with E-state index >= 15 is 0 Å². The number of phenols is 1. The largest absolute Gasteiger partial charge is 0.508 e. The second-order valence-corrected chi connectivity index (χ2v) is 4.28. The molecule has 0 amide bonds. The molecule has 0 aromatic heterocycles. The van der Waals surface area contributed by atoms with Crippen molar-refractivity contribution in [3.05, 3.63) is 47.0 Å². The molecular weight excluding hydrogens is 236 g/mol. The van der Waals surface area contributed by atoms with Gasteiger partial charge in [-0.1, -0.05) is 23.7 Å². The second-order valence-electron chi connectivity index (χ2n) is 3.85. The van der Waals surface area contributed by atoms with Crippen molar-refractivity contribution in [2.24, 2.45) is 0 Å². The molecule has 0 aliphatic rings. The van der Waals surface area contributed by atoms with Crippen molar-refractivity contribution in [3.8, 4) is 22.6 Å². The first-order valence-corrected chi connectivity index (χ1v) is 5.63. The summed E-state index contributed by atoms with van der Waals surface area (Å²) in [5.74, 6) is 0.972. The number of rotatable bonds is 2. The van der Waals surface area contributed by atoms with Crippen LogP contribution < -0.4 is 4.74 Å². The highest BCUT2D eigenvalue weighted by atomic mass is 35.5. The van der Waals surface area contributed by atoms with Gasteiger partial charge in [0, 0.05) is 10.6 Å². The first-order valence-electron chi connectivity index (χ1n) is 5.25.